The zero-order valence-electron chi connectivity index (χ0n) is 9.18. The molecule has 0 atom stereocenters. The highest BCUT2D eigenvalue weighted by molar-refractivity contribution is 9.10. The molecule has 1 N–H and O–H groups in total. The molecule has 0 saturated heterocycles. The summed E-state index contributed by atoms with van der Waals surface area (Å²) in [7, 11) is 1.62. The zero-order valence-corrected chi connectivity index (χ0v) is 10.8. The van der Waals surface area contributed by atoms with Gasteiger partial charge in [0.05, 0.1) is 11.1 Å². The summed E-state index contributed by atoms with van der Waals surface area (Å²) < 4.78 is 10.7. The zero-order chi connectivity index (χ0) is 12.3. The molecule has 0 saturated carbocycles. The molecule has 0 radical (unpaired) electrons. The Morgan fingerprint density at radius 3 is 3.00 bits per heavy atom. The number of phenols is 1. The van der Waals surface area contributed by atoms with E-state index in [1.807, 2.05) is 0 Å². The quantitative estimate of drug-likeness (QED) is 0.939. The van der Waals surface area contributed by atoms with Crippen LogP contribution >= 0.6 is 15.9 Å². The summed E-state index contributed by atoms with van der Waals surface area (Å²) in [6.45, 7) is 0.546. The lowest BCUT2D eigenvalue weighted by atomic mass is 10.2. The molecule has 0 spiro atoms. The second kappa shape index (κ2) is 5.29. The molecule has 1 aromatic heterocycles. The highest BCUT2D eigenvalue weighted by atomic mass is 79.9. The van der Waals surface area contributed by atoms with Gasteiger partial charge in [0.2, 0.25) is 0 Å². The van der Waals surface area contributed by atoms with Gasteiger partial charge in [-0.3, -0.25) is 0 Å². The molecule has 0 unspecified atom stereocenters. The van der Waals surface area contributed by atoms with E-state index < -0.39 is 0 Å². The number of ether oxygens (including phenoxy) is 1. The first-order chi connectivity index (χ1) is 8.20. The first-order valence-corrected chi connectivity index (χ1v) is 5.80. The maximum atomic E-state index is 9.55. The number of rotatable bonds is 4. The van der Waals surface area contributed by atoms with Gasteiger partial charge in [0.1, 0.15) is 5.75 Å². The predicted octanol–water partition coefficient (Wildman–Crippen LogP) is 2.39. The standard InChI is InChI=1S/C11H11BrN2O3/c1-16-5-4-10-13-11(17-14-10)7-2-3-8(12)9(15)6-7/h2-3,6,15H,4-5H2,1H3. The number of hydrogen-bond acceptors (Lipinski definition) is 5. The van der Waals surface area contributed by atoms with Gasteiger partial charge in [-0.05, 0) is 34.1 Å². The van der Waals surface area contributed by atoms with Crippen molar-refractivity contribution in [1.82, 2.24) is 10.1 Å². The normalized spacial score (nSPS) is 10.7. The molecule has 6 heteroatoms. The summed E-state index contributed by atoms with van der Waals surface area (Å²) >= 11 is 3.21. The van der Waals surface area contributed by atoms with Crippen molar-refractivity contribution in [3.63, 3.8) is 0 Å². The summed E-state index contributed by atoms with van der Waals surface area (Å²) in [6, 6.07) is 5.08. The minimum atomic E-state index is 0.138. The number of aromatic hydroxyl groups is 1. The van der Waals surface area contributed by atoms with Gasteiger partial charge < -0.3 is 14.4 Å². The average molecular weight is 299 g/mol. The Kier molecular flexibility index (Phi) is 3.75. The molecule has 0 bridgehead atoms. The lowest BCUT2D eigenvalue weighted by molar-refractivity contribution is 0.199. The van der Waals surface area contributed by atoms with Crippen LogP contribution in [0.1, 0.15) is 5.82 Å². The number of benzene rings is 1. The fourth-order valence-corrected chi connectivity index (χ4v) is 1.56. The van der Waals surface area contributed by atoms with E-state index in [1.165, 1.54) is 0 Å². The molecule has 5 nitrogen and oxygen atoms in total. The molecule has 0 amide bonds. The van der Waals surface area contributed by atoms with Crippen LogP contribution in [-0.4, -0.2) is 29.0 Å². The van der Waals surface area contributed by atoms with Crippen molar-refractivity contribution in [2.75, 3.05) is 13.7 Å². The van der Waals surface area contributed by atoms with Gasteiger partial charge in [-0.1, -0.05) is 5.16 Å². The minimum absolute atomic E-state index is 0.138. The number of phenolic OH excluding ortho intramolecular Hbond substituents is 1. The Hall–Kier alpha value is -1.40. The average Bonchev–Trinajstić information content (AvgIpc) is 2.79. The Morgan fingerprint density at radius 2 is 2.29 bits per heavy atom. The summed E-state index contributed by atoms with van der Waals surface area (Å²) in [5, 5.41) is 13.4. The van der Waals surface area contributed by atoms with Crippen molar-refractivity contribution in [3.05, 3.63) is 28.5 Å². The van der Waals surface area contributed by atoms with E-state index >= 15 is 0 Å². The Morgan fingerprint density at radius 1 is 1.47 bits per heavy atom. The van der Waals surface area contributed by atoms with Crippen molar-refractivity contribution < 1.29 is 14.4 Å². The number of nitrogens with zero attached hydrogens (tertiary/aromatic N) is 2. The van der Waals surface area contributed by atoms with E-state index in [-0.39, 0.29) is 5.75 Å². The molecule has 2 rings (SSSR count). The minimum Gasteiger partial charge on any atom is -0.507 e. The van der Waals surface area contributed by atoms with E-state index in [0.29, 0.717) is 34.8 Å². The van der Waals surface area contributed by atoms with E-state index in [0.717, 1.165) is 0 Å². The monoisotopic (exact) mass is 298 g/mol. The summed E-state index contributed by atoms with van der Waals surface area (Å²) in [5.74, 6) is 1.11. The maximum absolute atomic E-state index is 9.55. The van der Waals surface area contributed by atoms with Gasteiger partial charge in [0, 0.05) is 19.1 Å². The van der Waals surface area contributed by atoms with Crippen LogP contribution in [0.4, 0.5) is 0 Å². The van der Waals surface area contributed by atoms with Crippen molar-refractivity contribution in [1.29, 1.82) is 0 Å². The number of methoxy groups -OCH3 is 1. The second-order valence-corrected chi connectivity index (χ2v) is 4.28. The third-order valence-corrected chi connectivity index (χ3v) is 2.86. The van der Waals surface area contributed by atoms with Gasteiger partial charge in [0.25, 0.3) is 5.89 Å². The molecular weight excluding hydrogens is 288 g/mol. The molecule has 0 fully saturated rings. The van der Waals surface area contributed by atoms with Gasteiger partial charge in [-0.15, -0.1) is 0 Å². The lowest BCUT2D eigenvalue weighted by Gasteiger charge is -1.98. The van der Waals surface area contributed by atoms with Crippen LogP contribution in [0.15, 0.2) is 27.2 Å². The summed E-state index contributed by atoms with van der Waals surface area (Å²) in [6.07, 6.45) is 0.600. The topological polar surface area (TPSA) is 68.4 Å². The fraction of sp³-hybridized carbons (Fsp3) is 0.273. The molecule has 17 heavy (non-hydrogen) atoms. The summed E-state index contributed by atoms with van der Waals surface area (Å²) in [4.78, 5) is 4.20. The number of hydrogen-bond donors (Lipinski definition) is 1. The highest BCUT2D eigenvalue weighted by Crippen LogP contribution is 2.28. The van der Waals surface area contributed by atoms with Crippen LogP contribution in [-0.2, 0) is 11.2 Å². The fourth-order valence-electron chi connectivity index (χ4n) is 1.31. The summed E-state index contributed by atoms with van der Waals surface area (Å²) in [5.41, 5.74) is 0.682. The highest BCUT2D eigenvalue weighted by Gasteiger charge is 2.10. The Bertz CT molecular complexity index is 513. The molecule has 0 aliphatic carbocycles. The van der Waals surface area contributed by atoms with E-state index in [1.54, 1.807) is 25.3 Å². The van der Waals surface area contributed by atoms with E-state index in [2.05, 4.69) is 26.1 Å². The van der Waals surface area contributed by atoms with Crippen molar-refractivity contribution in [2.24, 2.45) is 0 Å². The van der Waals surface area contributed by atoms with Crippen LogP contribution in [0.5, 0.6) is 5.75 Å². The van der Waals surface area contributed by atoms with Crippen molar-refractivity contribution in [2.45, 2.75) is 6.42 Å². The smallest absolute Gasteiger partial charge is 0.258 e. The van der Waals surface area contributed by atoms with E-state index in [4.69, 9.17) is 9.26 Å². The molecule has 90 valence electrons. The van der Waals surface area contributed by atoms with Crippen LogP contribution < -0.4 is 0 Å². The largest absolute Gasteiger partial charge is 0.507 e. The number of aromatic nitrogens is 2. The first kappa shape index (κ1) is 12.1. The molecule has 0 aliphatic rings. The third-order valence-electron chi connectivity index (χ3n) is 2.19. The molecular formula is C11H11BrN2O3. The van der Waals surface area contributed by atoms with Crippen LogP contribution in [0, 0.1) is 0 Å². The van der Waals surface area contributed by atoms with Gasteiger partial charge in [0.15, 0.2) is 5.82 Å². The van der Waals surface area contributed by atoms with Gasteiger partial charge in [-0.2, -0.15) is 4.98 Å². The third kappa shape index (κ3) is 2.83. The SMILES string of the molecule is COCCc1noc(-c2ccc(Br)c(O)c2)n1. The molecule has 1 aromatic carbocycles. The predicted molar refractivity (Wildman–Crippen MR) is 64.7 cm³/mol. The Balaban J connectivity index is 2.21. The van der Waals surface area contributed by atoms with Crippen LogP contribution in [0.3, 0.4) is 0 Å². The maximum Gasteiger partial charge on any atom is 0.258 e. The van der Waals surface area contributed by atoms with E-state index in [9.17, 15) is 5.11 Å². The van der Waals surface area contributed by atoms with Crippen molar-refractivity contribution >= 4 is 15.9 Å². The molecule has 1 heterocycles. The molecule has 2 aromatic rings. The van der Waals surface area contributed by atoms with Crippen molar-refractivity contribution in [3.8, 4) is 17.2 Å². The van der Waals surface area contributed by atoms with Crippen LogP contribution in [0.2, 0.25) is 0 Å². The van der Waals surface area contributed by atoms with Gasteiger partial charge in [-0.25, -0.2) is 0 Å². The lowest BCUT2D eigenvalue weighted by Crippen LogP contribution is -1.96. The second-order valence-electron chi connectivity index (χ2n) is 3.42. The Labute approximate surface area is 107 Å². The molecule has 0 aliphatic heterocycles. The first-order valence-electron chi connectivity index (χ1n) is 5.01. The van der Waals surface area contributed by atoms with Crippen LogP contribution in [0.25, 0.3) is 11.5 Å². The van der Waals surface area contributed by atoms with Gasteiger partial charge >= 0.3 is 0 Å². The number of halogens is 1.